The Bertz CT molecular complexity index is 494. The number of halogens is 1. The van der Waals surface area contributed by atoms with Crippen molar-refractivity contribution in [2.45, 2.75) is 257 Å². The molecule has 0 aromatic heterocycles. The molecule has 280 valence electrons. The topological polar surface area (TPSA) is 80.9 Å². The Labute approximate surface area is 295 Å². The summed E-state index contributed by atoms with van der Waals surface area (Å²) in [6.07, 6.45) is 35.3. The molecular formula is C40H84ClO4P. The third-order valence-electron chi connectivity index (χ3n) is 10.3. The third kappa shape index (κ3) is 23.1. The van der Waals surface area contributed by atoms with E-state index in [9.17, 15) is 20.4 Å². The Balaban J connectivity index is 0. The van der Waals surface area contributed by atoms with Crippen LogP contribution in [0, 0.1) is 0 Å². The van der Waals surface area contributed by atoms with Crippen LogP contribution in [0.15, 0.2) is 0 Å². The number of hydrogen-bond donors (Lipinski definition) is 4. The van der Waals surface area contributed by atoms with Gasteiger partial charge in [0, 0.05) is 25.7 Å². The van der Waals surface area contributed by atoms with Crippen molar-refractivity contribution in [1.82, 2.24) is 0 Å². The van der Waals surface area contributed by atoms with Crippen LogP contribution < -0.4 is 12.4 Å². The lowest BCUT2D eigenvalue weighted by atomic mass is 10.1. The summed E-state index contributed by atoms with van der Waals surface area (Å²) < 4.78 is 0. The standard InChI is InChI=1S/C40H84O4P.ClH/c1-5-9-13-17-21-25-29-33-37(41)45(38(42)34-30-26-22-18-14-10-6-2,39(43)35-31-27-23-19-15-11-7-3)40(44)36-32-28-24-20-16-12-8-4;/h37-44H,5-36H2,1-4H3;1H/q+1;/p-1. The van der Waals surface area contributed by atoms with E-state index < -0.39 is 30.6 Å². The van der Waals surface area contributed by atoms with Gasteiger partial charge in [0.05, 0.1) is 0 Å². The maximum atomic E-state index is 12.0. The molecule has 0 fully saturated rings. The van der Waals surface area contributed by atoms with Crippen LogP contribution >= 0.6 is 7.26 Å². The molecule has 0 heterocycles. The van der Waals surface area contributed by atoms with Gasteiger partial charge in [0.25, 0.3) is 0 Å². The minimum atomic E-state index is -2.90. The summed E-state index contributed by atoms with van der Waals surface area (Å²) in [6.45, 7) is 8.97. The molecule has 46 heavy (non-hydrogen) atoms. The molecule has 4 N–H and O–H groups in total. The highest BCUT2D eigenvalue weighted by atomic mass is 35.5. The Hall–Kier alpha value is 0.560. The fourth-order valence-corrected chi connectivity index (χ4v) is 12.1. The molecule has 0 aromatic carbocycles. The molecule has 4 unspecified atom stereocenters. The summed E-state index contributed by atoms with van der Waals surface area (Å²) in [5, 5.41) is 47.9. The van der Waals surface area contributed by atoms with E-state index in [4.69, 9.17) is 0 Å². The quantitative estimate of drug-likeness (QED) is 0.0389. The van der Waals surface area contributed by atoms with Crippen molar-refractivity contribution in [1.29, 1.82) is 0 Å². The van der Waals surface area contributed by atoms with E-state index >= 15 is 0 Å². The van der Waals surface area contributed by atoms with Gasteiger partial charge in [-0.1, -0.05) is 182 Å². The van der Waals surface area contributed by atoms with Crippen LogP contribution in [0.25, 0.3) is 0 Å². The summed E-state index contributed by atoms with van der Waals surface area (Å²) in [5.41, 5.74) is 0. The SMILES string of the molecule is CCCCCCCCCC(O)[P+](C(O)CCCCCCCCC)(C(O)CCCCCCCCC)C(O)CCCCCCCCC.[Cl-]. The largest absolute Gasteiger partial charge is 1.00 e. The van der Waals surface area contributed by atoms with Crippen LogP contribution in [0.1, 0.15) is 233 Å². The van der Waals surface area contributed by atoms with Crippen molar-refractivity contribution in [3.63, 3.8) is 0 Å². The van der Waals surface area contributed by atoms with E-state index in [1.54, 1.807) is 0 Å². The summed E-state index contributed by atoms with van der Waals surface area (Å²) in [5.74, 6) is -3.14. The van der Waals surface area contributed by atoms with E-state index in [1.807, 2.05) is 0 Å². The third-order valence-corrected chi connectivity index (χ3v) is 15.5. The van der Waals surface area contributed by atoms with Crippen molar-refractivity contribution in [3.8, 4) is 0 Å². The maximum Gasteiger partial charge on any atom is 0.172 e. The van der Waals surface area contributed by atoms with Crippen molar-refractivity contribution in [2.75, 3.05) is 0 Å². The zero-order chi connectivity index (χ0) is 33.4. The van der Waals surface area contributed by atoms with Gasteiger partial charge in [-0.2, -0.15) is 0 Å². The molecule has 0 aromatic rings. The minimum absolute atomic E-state index is 0. The molecule has 4 nitrogen and oxygen atoms in total. The first kappa shape index (κ1) is 48.7. The molecule has 0 rings (SSSR count). The van der Waals surface area contributed by atoms with Crippen LogP contribution in [0.4, 0.5) is 0 Å². The molecule has 0 saturated carbocycles. The molecule has 0 aliphatic carbocycles. The molecule has 4 atom stereocenters. The molecule has 0 bridgehead atoms. The number of hydrogen-bond acceptors (Lipinski definition) is 4. The Morgan fingerprint density at radius 3 is 0.609 bits per heavy atom. The molecule has 0 spiro atoms. The average Bonchev–Trinajstić information content (AvgIpc) is 3.03. The van der Waals surface area contributed by atoms with Gasteiger partial charge in [-0.05, 0) is 25.7 Å². The first-order valence-corrected chi connectivity index (χ1v) is 22.6. The molecule has 0 amide bonds. The lowest BCUT2D eigenvalue weighted by Gasteiger charge is -2.42. The van der Waals surface area contributed by atoms with Gasteiger partial charge in [0.15, 0.2) is 23.4 Å². The van der Waals surface area contributed by atoms with Gasteiger partial charge in [0.1, 0.15) is 7.26 Å². The number of aliphatic hydroxyl groups is 4. The highest BCUT2D eigenvalue weighted by molar-refractivity contribution is 7.77. The highest BCUT2D eigenvalue weighted by Gasteiger charge is 2.61. The minimum Gasteiger partial charge on any atom is -1.00 e. The van der Waals surface area contributed by atoms with Crippen molar-refractivity contribution < 1.29 is 32.8 Å². The molecule has 0 aliphatic rings. The fourth-order valence-electron chi connectivity index (χ4n) is 7.22. The van der Waals surface area contributed by atoms with Gasteiger partial charge >= 0.3 is 0 Å². The van der Waals surface area contributed by atoms with E-state index in [-0.39, 0.29) is 12.4 Å². The van der Waals surface area contributed by atoms with Crippen LogP contribution in [0.2, 0.25) is 0 Å². The van der Waals surface area contributed by atoms with E-state index in [1.165, 1.54) is 128 Å². The molecule has 0 radical (unpaired) electrons. The zero-order valence-corrected chi connectivity index (χ0v) is 33.2. The lowest BCUT2D eigenvalue weighted by Crippen LogP contribution is -3.00. The van der Waals surface area contributed by atoms with Crippen LogP contribution in [0.5, 0.6) is 0 Å². The lowest BCUT2D eigenvalue weighted by molar-refractivity contribution is -0.0000176. The van der Waals surface area contributed by atoms with Gasteiger partial charge in [0.2, 0.25) is 0 Å². The second-order valence-corrected chi connectivity index (χ2v) is 18.6. The highest BCUT2D eigenvalue weighted by Crippen LogP contribution is 2.74. The average molecular weight is 696 g/mol. The van der Waals surface area contributed by atoms with Gasteiger partial charge < -0.3 is 32.8 Å². The number of rotatable bonds is 36. The van der Waals surface area contributed by atoms with E-state index in [0.717, 1.165) is 51.4 Å². The zero-order valence-electron chi connectivity index (χ0n) is 31.6. The number of unbranched alkanes of at least 4 members (excludes halogenated alkanes) is 24. The summed E-state index contributed by atoms with van der Waals surface area (Å²) in [4.78, 5) is 0. The Morgan fingerprint density at radius 1 is 0.283 bits per heavy atom. The summed E-state index contributed by atoms with van der Waals surface area (Å²) in [6, 6.07) is 0. The second-order valence-electron chi connectivity index (χ2n) is 14.5. The second kappa shape index (κ2) is 35.4. The summed E-state index contributed by atoms with van der Waals surface area (Å²) in [7, 11) is -2.90. The Kier molecular flexibility index (Phi) is 37.4. The number of aliphatic hydroxyl groups excluding tert-OH is 4. The predicted octanol–water partition coefficient (Wildman–Crippen LogP) is 9.84. The normalized spacial score (nSPS) is 15.7. The summed E-state index contributed by atoms with van der Waals surface area (Å²) >= 11 is 0. The molecule has 6 heteroatoms. The van der Waals surface area contributed by atoms with Crippen LogP contribution in [-0.4, -0.2) is 43.8 Å². The van der Waals surface area contributed by atoms with Crippen LogP contribution in [0.3, 0.4) is 0 Å². The molecule has 0 saturated heterocycles. The monoisotopic (exact) mass is 695 g/mol. The first-order chi connectivity index (χ1) is 21.9. The van der Waals surface area contributed by atoms with Crippen molar-refractivity contribution in [3.05, 3.63) is 0 Å². The maximum absolute atomic E-state index is 12.0. The first-order valence-electron chi connectivity index (χ1n) is 20.5. The molecule has 0 aliphatic heterocycles. The van der Waals surface area contributed by atoms with Crippen molar-refractivity contribution in [2.24, 2.45) is 0 Å². The smallest absolute Gasteiger partial charge is 0.172 e. The van der Waals surface area contributed by atoms with E-state index in [0.29, 0.717) is 25.7 Å². The van der Waals surface area contributed by atoms with Crippen molar-refractivity contribution >= 4 is 7.26 Å². The predicted molar refractivity (Wildman–Crippen MR) is 201 cm³/mol. The van der Waals surface area contributed by atoms with Gasteiger partial charge in [-0.15, -0.1) is 0 Å². The fraction of sp³-hybridized carbons (Fsp3) is 1.00. The van der Waals surface area contributed by atoms with Gasteiger partial charge in [-0.3, -0.25) is 0 Å². The van der Waals surface area contributed by atoms with Gasteiger partial charge in [-0.25, -0.2) is 0 Å². The van der Waals surface area contributed by atoms with E-state index in [2.05, 4.69) is 27.7 Å². The Morgan fingerprint density at radius 2 is 0.435 bits per heavy atom. The molecular weight excluding hydrogens is 611 g/mol. The van der Waals surface area contributed by atoms with Crippen LogP contribution in [-0.2, 0) is 0 Å².